The molecule has 0 amide bonds. The van der Waals surface area contributed by atoms with Gasteiger partial charge in [-0.25, -0.2) is 0 Å². The molecular formula is C16H24NOP. The van der Waals surface area contributed by atoms with Crippen molar-refractivity contribution in [1.29, 1.82) is 0 Å². The van der Waals surface area contributed by atoms with Crippen molar-refractivity contribution in [3.63, 3.8) is 0 Å². The number of hydrogen-bond donors (Lipinski definition) is 0. The molecule has 3 atom stereocenters. The second kappa shape index (κ2) is 5.16. The van der Waals surface area contributed by atoms with Crippen molar-refractivity contribution in [2.45, 2.75) is 57.3 Å². The van der Waals surface area contributed by atoms with Crippen LogP contribution in [-0.2, 0) is 10.9 Å². The van der Waals surface area contributed by atoms with Crippen LogP contribution in [0, 0.1) is 0 Å². The van der Waals surface area contributed by atoms with Crippen molar-refractivity contribution in [2.24, 2.45) is 0 Å². The van der Waals surface area contributed by atoms with E-state index in [1.807, 2.05) is 0 Å². The summed E-state index contributed by atoms with van der Waals surface area (Å²) in [5.41, 5.74) is 1.41. The lowest BCUT2D eigenvalue weighted by Gasteiger charge is -2.32. The maximum atomic E-state index is 6.49. The molecular weight excluding hydrogens is 253 g/mol. The van der Waals surface area contributed by atoms with Crippen LogP contribution >= 0.6 is 8.30 Å². The second-order valence-electron chi connectivity index (χ2n) is 6.65. The molecule has 2 aliphatic rings. The number of nitrogens with zero attached hydrogens (tertiary/aromatic N) is 1. The van der Waals surface area contributed by atoms with Gasteiger partial charge in [0.2, 0.25) is 0 Å². The molecule has 0 aromatic heterocycles. The Morgan fingerprint density at radius 1 is 1.26 bits per heavy atom. The first-order valence-electron chi connectivity index (χ1n) is 7.33. The highest BCUT2D eigenvalue weighted by Crippen LogP contribution is 2.62. The minimum atomic E-state index is -0.429. The van der Waals surface area contributed by atoms with Crippen LogP contribution in [0.15, 0.2) is 30.3 Å². The first-order chi connectivity index (χ1) is 9.05. The summed E-state index contributed by atoms with van der Waals surface area (Å²) in [6.45, 7) is 8.19. The van der Waals surface area contributed by atoms with Gasteiger partial charge in [0.15, 0.2) is 0 Å². The number of fused-ring (bicyclic) bond motifs is 1. The zero-order valence-corrected chi connectivity index (χ0v) is 13.1. The van der Waals surface area contributed by atoms with Gasteiger partial charge >= 0.3 is 0 Å². The topological polar surface area (TPSA) is 12.5 Å². The summed E-state index contributed by atoms with van der Waals surface area (Å²) in [5, 5.41) is 0.267. The molecule has 2 nitrogen and oxygen atoms in total. The van der Waals surface area contributed by atoms with Crippen LogP contribution in [0.5, 0.6) is 0 Å². The summed E-state index contributed by atoms with van der Waals surface area (Å²) in [4.78, 5) is 0. The monoisotopic (exact) mass is 277 g/mol. The summed E-state index contributed by atoms with van der Waals surface area (Å²) in [7, 11) is -0.429. The molecule has 0 spiro atoms. The predicted molar refractivity (Wildman–Crippen MR) is 81.4 cm³/mol. The maximum absolute atomic E-state index is 6.49. The Labute approximate surface area is 118 Å². The Kier molecular flexibility index (Phi) is 3.68. The van der Waals surface area contributed by atoms with Crippen molar-refractivity contribution in [3.8, 4) is 0 Å². The van der Waals surface area contributed by atoms with E-state index in [4.69, 9.17) is 4.52 Å². The molecule has 2 saturated heterocycles. The average molecular weight is 277 g/mol. The summed E-state index contributed by atoms with van der Waals surface area (Å²) in [5.74, 6) is 0. The van der Waals surface area contributed by atoms with Crippen LogP contribution in [0.3, 0.4) is 0 Å². The zero-order chi connectivity index (χ0) is 13.5. The molecule has 0 unspecified atom stereocenters. The number of benzene rings is 1. The fraction of sp³-hybridized carbons (Fsp3) is 0.625. The first kappa shape index (κ1) is 13.5. The summed E-state index contributed by atoms with van der Waals surface area (Å²) >= 11 is 0. The van der Waals surface area contributed by atoms with Gasteiger partial charge in [-0.05, 0) is 18.4 Å². The largest absolute Gasteiger partial charge is 0.338 e. The average Bonchev–Trinajstić information content (AvgIpc) is 2.93. The minimum Gasteiger partial charge on any atom is -0.338 e. The Morgan fingerprint density at radius 2 is 2.00 bits per heavy atom. The third-order valence-electron chi connectivity index (χ3n) is 4.02. The molecule has 19 heavy (non-hydrogen) atoms. The van der Waals surface area contributed by atoms with Gasteiger partial charge in [0.25, 0.3) is 0 Å². The second-order valence-corrected chi connectivity index (χ2v) is 9.26. The lowest BCUT2D eigenvalue weighted by atomic mass is 10.0. The van der Waals surface area contributed by atoms with Gasteiger partial charge in [0.05, 0.1) is 6.10 Å². The Bertz CT molecular complexity index is 428. The molecule has 0 radical (unpaired) electrons. The molecule has 0 N–H and O–H groups in total. The van der Waals surface area contributed by atoms with Crippen LogP contribution in [0.1, 0.15) is 39.2 Å². The van der Waals surface area contributed by atoms with E-state index in [0.717, 1.165) is 6.42 Å². The van der Waals surface area contributed by atoms with Gasteiger partial charge in [-0.1, -0.05) is 51.1 Å². The van der Waals surface area contributed by atoms with Crippen LogP contribution in [-0.4, -0.2) is 28.5 Å². The van der Waals surface area contributed by atoms with E-state index in [9.17, 15) is 0 Å². The highest BCUT2D eigenvalue weighted by Gasteiger charge is 2.49. The van der Waals surface area contributed by atoms with Crippen LogP contribution in [0.4, 0.5) is 0 Å². The van der Waals surface area contributed by atoms with Crippen molar-refractivity contribution >= 4 is 8.30 Å². The molecule has 1 aromatic rings. The normalized spacial score (nSPS) is 31.6. The van der Waals surface area contributed by atoms with E-state index >= 15 is 0 Å². The molecule has 2 aliphatic heterocycles. The Morgan fingerprint density at radius 3 is 2.68 bits per heavy atom. The van der Waals surface area contributed by atoms with E-state index in [-0.39, 0.29) is 5.16 Å². The van der Waals surface area contributed by atoms with E-state index in [1.54, 1.807) is 0 Å². The number of rotatable bonds is 2. The third-order valence-corrected chi connectivity index (χ3v) is 6.60. The smallest absolute Gasteiger partial charge is 0.110 e. The molecule has 0 saturated carbocycles. The van der Waals surface area contributed by atoms with Crippen molar-refractivity contribution in [2.75, 3.05) is 6.54 Å². The van der Waals surface area contributed by atoms with Gasteiger partial charge in [0.1, 0.15) is 8.30 Å². The van der Waals surface area contributed by atoms with Crippen LogP contribution < -0.4 is 0 Å². The quantitative estimate of drug-likeness (QED) is 0.751. The third kappa shape index (κ3) is 2.72. The van der Waals surface area contributed by atoms with Crippen molar-refractivity contribution < 1.29 is 4.52 Å². The van der Waals surface area contributed by atoms with Crippen molar-refractivity contribution in [3.05, 3.63) is 35.9 Å². The van der Waals surface area contributed by atoms with E-state index < -0.39 is 8.30 Å². The minimum absolute atomic E-state index is 0.267. The standard InChI is InChI=1S/C16H24NOP/c1-16(2,3)19-17-11-7-10-14(17)15(18-19)12-13-8-5-4-6-9-13/h4-6,8-9,14-15H,7,10-12H2,1-3H3/t14-,15+,19-/m0/s1. The van der Waals surface area contributed by atoms with E-state index in [1.165, 1.54) is 24.9 Å². The zero-order valence-electron chi connectivity index (χ0n) is 12.2. The van der Waals surface area contributed by atoms with Gasteiger partial charge < -0.3 is 4.52 Å². The molecule has 1 aromatic carbocycles. The molecule has 0 bridgehead atoms. The SMILES string of the molecule is CC(C)(C)[P@]1O[C@H](Cc2ccccc2)[C@@H]2CCCN21. The number of hydrogen-bond acceptors (Lipinski definition) is 2. The Hall–Kier alpha value is -0.430. The first-order valence-corrected chi connectivity index (χ1v) is 8.54. The molecule has 3 rings (SSSR count). The molecule has 3 heteroatoms. The van der Waals surface area contributed by atoms with Gasteiger partial charge in [0, 0.05) is 24.2 Å². The van der Waals surface area contributed by atoms with Gasteiger partial charge in [-0.2, -0.15) is 0 Å². The highest BCUT2D eigenvalue weighted by atomic mass is 31.2. The Balaban J connectivity index is 1.76. The molecule has 104 valence electrons. The molecule has 2 fully saturated rings. The molecule has 0 aliphatic carbocycles. The van der Waals surface area contributed by atoms with E-state index in [0.29, 0.717) is 12.1 Å². The van der Waals surface area contributed by atoms with Crippen LogP contribution in [0.25, 0.3) is 0 Å². The summed E-state index contributed by atoms with van der Waals surface area (Å²) in [6.07, 6.45) is 4.12. The summed E-state index contributed by atoms with van der Waals surface area (Å²) < 4.78 is 9.16. The fourth-order valence-corrected chi connectivity index (χ4v) is 5.74. The maximum Gasteiger partial charge on any atom is 0.110 e. The van der Waals surface area contributed by atoms with Gasteiger partial charge in [-0.3, -0.25) is 4.67 Å². The predicted octanol–water partition coefficient (Wildman–Crippen LogP) is 4.20. The van der Waals surface area contributed by atoms with Crippen molar-refractivity contribution in [1.82, 2.24) is 4.67 Å². The highest BCUT2D eigenvalue weighted by molar-refractivity contribution is 7.52. The fourth-order valence-electron chi connectivity index (χ4n) is 3.20. The lowest BCUT2D eigenvalue weighted by molar-refractivity contribution is 0.207. The summed E-state index contributed by atoms with van der Waals surface area (Å²) in [6, 6.07) is 11.4. The lowest BCUT2D eigenvalue weighted by Crippen LogP contribution is -2.30. The van der Waals surface area contributed by atoms with E-state index in [2.05, 4.69) is 55.8 Å². The molecule has 2 heterocycles. The van der Waals surface area contributed by atoms with Gasteiger partial charge in [-0.15, -0.1) is 0 Å². The van der Waals surface area contributed by atoms with Crippen LogP contribution in [0.2, 0.25) is 0 Å².